The Morgan fingerprint density at radius 3 is 2.53 bits per heavy atom. The second-order valence-electron chi connectivity index (χ2n) is 3.91. The molecule has 98 valence electrons. The molecule has 0 unspecified atom stereocenters. The minimum Gasteiger partial charge on any atom is -0.489 e. The predicted octanol–water partition coefficient (Wildman–Crippen LogP) is 3.80. The van der Waals surface area contributed by atoms with Crippen molar-refractivity contribution in [3.05, 3.63) is 63.9 Å². The maximum Gasteiger partial charge on any atom is 0.129 e. The topological polar surface area (TPSA) is 35.2 Å². The van der Waals surface area contributed by atoms with Crippen molar-refractivity contribution in [3.8, 4) is 5.75 Å². The van der Waals surface area contributed by atoms with Crippen molar-refractivity contribution < 1.29 is 9.13 Å². The zero-order chi connectivity index (χ0) is 13.8. The number of rotatable bonds is 4. The number of hydrogen-bond donors (Lipinski definition) is 1. The molecule has 2 N–H and O–H groups in total. The smallest absolute Gasteiger partial charge is 0.129 e. The summed E-state index contributed by atoms with van der Waals surface area (Å²) in [4.78, 5) is 0.241. The molecule has 2 aromatic carbocycles. The summed E-state index contributed by atoms with van der Waals surface area (Å²) in [5.74, 6) is 0.334. The Balaban J connectivity index is 2.12. The third-order valence-corrected chi connectivity index (χ3v) is 3.30. The molecule has 0 aromatic heterocycles. The number of ether oxygens (including phenoxy) is 1. The first-order chi connectivity index (χ1) is 9.06. The van der Waals surface area contributed by atoms with Gasteiger partial charge in [-0.05, 0) is 42.5 Å². The van der Waals surface area contributed by atoms with Gasteiger partial charge in [0.05, 0.1) is 0 Å². The van der Waals surface area contributed by atoms with Gasteiger partial charge in [-0.3, -0.25) is 0 Å². The first-order valence-electron chi connectivity index (χ1n) is 5.53. The fourth-order valence-corrected chi connectivity index (χ4v) is 1.92. The van der Waals surface area contributed by atoms with Gasteiger partial charge in [0.25, 0.3) is 0 Å². The highest BCUT2D eigenvalue weighted by Gasteiger charge is 2.06. The maximum atomic E-state index is 13.6. The Hall–Kier alpha value is -1.46. The third kappa shape index (κ3) is 3.75. The van der Waals surface area contributed by atoms with Crippen molar-refractivity contribution in [2.75, 3.05) is 0 Å². The van der Waals surface area contributed by atoms with E-state index in [0.29, 0.717) is 16.9 Å². The van der Waals surface area contributed by atoms with Crippen LogP contribution in [0.3, 0.4) is 0 Å². The summed E-state index contributed by atoms with van der Waals surface area (Å²) in [5.41, 5.74) is 6.57. The van der Waals surface area contributed by atoms with Gasteiger partial charge in [0.15, 0.2) is 0 Å². The van der Waals surface area contributed by atoms with Crippen molar-refractivity contribution in [2.45, 2.75) is 6.61 Å². The SMILES string of the molecule is NC(=S)c1ccc(F)c(COc2ccc(Br)cc2)c1. The van der Waals surface area contributed by atoms with Crippen molar-refractivity contribution in [1.82, 2.24) is 0 Å². The van der Waals surface area contributed by atoms with Crippen LogP contribution in [0.2, 0.25) is 0 Å². The summed E-state index contributed by atoms with van der Waals surface area (Å²) in [6, 6.07) is 11.8. The van der Waals surface area contributed by atoms with E-state index in [0.717, 1.165) is 4.47 Å². The lowest BCUT2D eigenvalue weighted by atomic mass is 10.1. The molecule has 2 rings (SSSR count). The van der Waals surface area contributed by atoms with E-state index in [1.165, 1.54) is 6.07 Å². The number of benzene rings is 2. The van der Waals surface area contributed by atoms with Crippen LogP contribution in [-0.2, 0) is 6.61 Å². The molecule has 19 heavy (non-hydrogen) atoms. The van der Waals surface area contributed by atoms with Gasteiger partial charge in [0.2, 0.25) is 0 Å². The van der Waals surface area contributed by atoms with Crippen LogP contribution in [0.1, 0.15) is 11.1 Å². The number of thiocarbonyl (C=S) groups is 1. The Morgan fingerprint density at radius 1 is 1.21 bits per heavy atom. The Labute approximate surface area is 124 Å². The van der Waals surface area contributed by atoms with Gasteiger partial charge in [-0.2, -0.15) is 0 Å². The van der Waals surface area contributed by atoms with Crippen LogP contribution in [0.5, 0.6) is 5.75 Å². The quantitative estimate of drug-likeness (QED) is 0.860. The van der Waals surface area contributed by atoms with Crippen molar-refractivity contribution in [2.24, 2.45) is 5.73 Å². The highest BCUT2D eigenvalue weighted by Crippen LogP contribution is 2.18. The summed E-state index contributed by atoms with van der Waals surface area (Å²) in [6.45, 7) is 0.129. The van der Waals surface area contributed by atoms with Crippen LogP contribution in [0, 0.1) is 5.82 Å². The first kappa shape index (κ1) is 14.0. The molecule has 0 saturated heterocycles. The van der Waals surface area contributed by atoms with Gasteiger partial charge in [-0.25, -0.2) is 4.39 Å². The van der Waals surface area contributed by atoms with Crippen molar-refractivity contribution >= 4 is 33.1 Å². The second-order valence-corrected chi connectivity index (χ2v) is 5.27. The monoisotopic (exact) mass is 339 g/mol. The standard InChI is InChI=1S/C14H11BrFNOS/c15-11-2-4-12(5-3-11)18-8-10-7-9(14(17)19)1-6-13(10)16/h1-7H,8H2,(H2,17,19). The van der Waals surface area contributed by atoms with Gasteiger partial charge in [-0.1, -0.05) is 28.1 Å². The maximum absolute atomic E-state index is 13.6. The number of hydrogen-bond acceptors (Lipinski definition) is 2. The zero-order valence-electron chi connectivity index (χ0n) is 9.90. The van der Waals surface area contributed by atoms with Crippen LogP contribution >= 0.6 is 28.1 Å². The van der Waals surface area contributed by atoms with E-state index < -0.39 is 0 Å². The van der Waals surface area contributed by atoms with E-state index in [1.54, 1.807) is 24.3 Å². The summed E-state index contributed by atoms with van der Waals surface area (Å²) in [5, 5.41) is 0. The minimum absolute atomic E-state index is 0.129. The molecule has 0 atom stereocenters. The number of nitrogens with two attached hydrogens (primary N) is 1. The lowest BCUT2D eigenvalue weighted by molar-refractivity contribution is 0.300. The molecule has 0 radical (unpaired) electrons. The van der Waals surface area contributed by atoms with Gasteiger partial charge in [-0.15, -0.1) is 0 Å². The molecule has 0 aliphatic rings. The lowest BCUT2D eigenvalue weighted by Gasteiger charge is -2.08. The van der Waals surface area contributed by atoms with Crippen LogP contribution in [-0.4, -0.2) is 4.99 Å². The Morgan fingerprint density at radius 2 is 1.89 bits per heavy atom. The highest BCUT2D eigenvalue weighted by molar-refractivity contribution is 9.10. The molecule has 2 aromatic rings. The molecule has 0 aliphatic carbocycles. The highest BCUT2D eigenvalue weighted by atomic mass is 79.9. The van der Waals surface area contributed by atoms with Crippen molar-refractivity contribution in [3.63, 3.8) is 0 Å². The molecule has 0 bridgehead atoms. The van der Waals surface area contributed by atoms with E-state index in [1.807, 2.05) is 12.1 Å². The van der Waals surface area contributed by atoms with Gasteiger partial charge in [0, 0.05) is 15.6 Å². The van der Waals surface area contributed by atoms with Crippen LogP contribution in [0.4, 0.5) is 4.39 Å². The normalized spacial score (nSPS) is 10.2. The van der Waals surface area contributed by atoms with Gasteiger partial charge >= 0.3 is 0 Å². The Bertz CT molecular complexity index is 601. The summed E-state index contributed by atoms with van der Waals surface area (Å²) < 4.78 is 20.1. The average Bonchev–Trinajstić information content (AvgIpc) is 2.39. The molecule has 0 saturated carbocycles. The van der Waals surface area contributed by atoms with E-state index >= 15 is 0 Å². The molecule has 0 heterocycles. The van der Waals surface area contributed by atoms with Crippen LogP contribution in [0.25, 0.3) is 0 Å². The van der Waals surface area contributed by atoms with Crippen molar-refractivity contribution in [1.29, 1.82) is 0 Å². The Kier molecular flexibility index (Phi) is 4.50. The zero-order valence-corrected chi connectivity index (χ0v) is 12.3. The molecular formula is C14H11BrFNOS. The van der Waals surface area contributed by atoms with Crippen LogP contribution in [0.15, 0.2) is 46.9 Å². The summed E-state index contributed by atoms with van der Waals surface area (Å²) in [7, 11) is 0. The van der Waals surface area contributed by atoms with E-state index in [2.05, 4.69) is 15.9 Å². The second kappa shape index (κ2) is 6.12. The fourth-order valence-electron chi connectivity index (χ4n) is 1.53. The summed E-state index contributed by atoms with van der Waals surface area (Å²) in [6.07, 6.45) is 0. The summed E-state index contributed by atoms with van der Waals surface area (Å²) >= 11 is 8.20. The molecule has 0 aliphatic heterocycles. The third-order valence-electron chi connectivity index (χ3n) is 2.54. The van der Waals surface area contributed by atoms with Gasteiger partial charge < -0.3 is 10.5 Å². The van der Waals surface area contributed by atoms with Gasteiger partial charge in [0.1, 0.15) is 23.2 Å². The fraction of sp³-hybridized carbons (Fsp3) is 0.0714. The molecule has 0 amide bonds. The lowest BCUT2D eigenvalue weighted by Crippen LogP contribution is -2.10. The largest absolute Gasteiger partial charge is 0.489 e. The molecule has 0 fully saturated rings. The molecule has 2 nitrogen and oxygen atoms in total. The minimum atomic E-state index is -0.336. The first-order valence-corrected chi connectivity index (χ1v) is 6.73. The molecule has 5 heteroatoms. The van der Waals surface area contributed by atoms with E-state index in [-0.39, 0.29) is 17.4 Å². The average molecular weight is 340 g/mol. The van der Waals surface area contributed by atoms with E-state index in [9.17, 15) is 4.39 Å². The van der Waals surface area contributed by atoms with E-state index in [4.69, 9.17) is 22.7 Å². The molecular weight excluding hydrogens is 329 g/mol. The predicted molar refractivity (Wildman–Crippen MR) is 80.8 cm³/mol. The van der Waals surface area contributed by atoms with Crippen LogP contribution < -0.4 is 10.5 Å². The molecule has 0 spiro atoms. The number of halogens is 2.